The van der Waals surface area contributed by atoms with Crippen LogP contribution in [-0.4, -0.2) is 34.0 Å². The average molecular weight is 377 g/mol. The van der Waals surface area contributed by atoms with Crippen molar-refractivity contribution in [2.75, 3.05) is 18.1 Å². The van der Waals surface area contributed by atoms with Gasteiger partial charge in [0.25, 0.3) is 5.56 Å². The molecular weight excluding hydrogens is 354 g/mol. The van der Waals surface area contributed by atoms with Gasteiger partial charge >= 0.3 is 0 Å². The van der Waals surface area contributed by atoms with Crippen LogP contribution in [0.5, 0.6) is 0 Å². The highest BCUT2D eigenvalue weighted by Crippen LogP contribution is 2.31. The van der Waals surface area contributed by atoms with Crippen LogP contribution in [0.1, 0.15) is 47.3 Å². The molecule has 1 unspecified atom stereocenters. The Morgan fingerprint density at radius 3 is 3.00 bits per heavy atom. The van der Waals surface area contributed by atoms with Crippen LogP contribution in [0.25, 0.3) is 0 Å². The van der Waals surface area contributed by atoms with Crippen LogP contribution in [0.15, 0.2) is 16.9 Å². The van der Waals surface area contributed by atoms with E-state index in [9.17, 15) is 10.1 Å². The van der Waals surface area contributed by atoms with Gasteiger partial charge in [-0.2, -0.15) is 10.4 Å². The van der Waals surface area contributed by atoms with Crippen LogP contribution in [0, 0.1) is 11.3 Å². The first-order valence-electron chi connectivity index (χ1n) is 10.1. The summed E-state index contributed by atoms with van der Waals surface area (Å²) in [6, 6.07) is 6.14. The number of nitrogens with zero attached hydrogens (tertiary/aromatic N) is 5. The maximum absolute atomic E-state index is 12.6. The molecule has 0 bridgehead atoms. The Morgan fingerprint density at radius 2 is 2.11 bits per heavy atom. The number of aryl methyl sites for hydroxylation is 2. The second-order valence-electron chi connectivity index (χ2n) is 7.86. The molecule has 7 heteroatoms. The Balaban J connectivity index is 1.46. The quantitative estimate of drug-likeness (QED) is 0.810. The zero-order valence-electron chi connectivity index (χ0n) is 15.9. The number of aromatic nitrogens is 3. The molecular formula is C21H23N5O2. The first-order chi connectivity index (χ1) is 13.7. The topological polar surface area (TPSA) is 84.0 Å². The SMILES string of the molecule is N#Cc1cc2c(nc1N1CCCC1Cn1nc3c(cc1=O)COCC3)CCC2. The van der Waals surface area contributed by atoms with Crippen LogP contribution in [-0.2, 0) is 37.2 Å². The number of hydrogen-bond acceptors (Lipinski definition) is 6. The summed E-state index contributed by atoms with van der Waals surface area (Å²) in [6.45, 7) is 2.51. The summed E-state index contributed by atoms with van der Waals surface area (Å²) in [5, 5.41) is 14.3. The molecule has 28 heavy (non-hydrogen) atoms. The summed E-state index contributed by atoms with van der Waals surface area (Å²) in [7, 11) is 0. The summed E-state index contributed by atoms with van der Waals surface area (Å²) in [5.74, 6) is 0.782. The fourth-order valence-electron chi connectivity index (χ4n) is 4.65. The van der Waals surface area contributed by atoms with Crippen LogP contribution in [0.4, 0.5) is 5.82 Å². The maximum atomic E-state index is 12.6. The minimum atomic E-state index is -0.0847. The zero-order chi connectivity index (χ0) is 19.1. The van der Waals surface area contributed by atoms with Gasteiger partial charge in [-0.3, -0.25) is 4.79 Å². The van der Waals surface area contributed by atoms with E-state index in [1.807, 2.05) is 6.07 Å². The molecule has 4 heterocycles. The largest absolute Gasteiger partial charge is 0.376 e. The third kappa shape index (κ3) is 2.98. The predicted molar refractivity (Wildman–Crippen MR) is 103 cm³/mol. The van der Waals surface area contributed by atoms with Crippen molar-refractivity contribution in [3.05, 3.63) is 50.6 Å². The molecule has 0 saturated carbocycles. The molecule has 0 N–H and O–H groups in total. The van der Waals surface area contributed by atoms with Gasteiger partial charge in [-0.1, -0.05) is 0 Å². The Labute approximate surface area is 163 Å². The minimum absolute atomic E-state index is 0.0847. The standard InChI is InChI=1S/C21H23N5O2/c22-11-15-9-14-3-1-5-18(14)23-21(15)25-7-2-4-17(25)12-26-20(27)10-16-13-28-8-6-19(16)24-26/h9-10,17H,1-8,12-13H2. The van der Waals surface area contributed by atoms with Crippen molar-refractivity contribution in [2.24, 2.45) is 0 Å². The molecule has 1 saturated heterocycles. The van der Waals surface area contributed by atoms with Crippen LogP contribution in [0.3, 0.4) is 0 Å². The molecule has 0 spiro atoms. The lowest BCUT2D eigenvalue weighted by molar-refractivity contribution is 0.108. The molecule has 0 aromatic carbocycles. The second kappa shape index (κ2) is 7.02. The van der Waals surface area contributed by atoms with Crippen molar-refractivity contribution < 1.29 is 4.74 Å². The molecule has 1 aliphatic carbocycles. The lowest BCUT2D eigenvalue weighted by Gasteiger charge is -2.27. The monoisotopic (exact) mass is 377 g/mol. The van der Waals surface area contributed by atoms with E-state index in [2.05, 4.69) is 16.1 Å². The third-order valence-electron chi connectivity index (χ3n) is 6.09. The van der Waals surface area contributed by atoms with E-state index in [4.69, 9.17) is 9.72 Å². The molecule has 0 amide bonds. The lowest BCUT2D eigenvalue weighted by Crippen LogP contribution is -2.39. The summed E-state index contributed by atoms with van der Waals surface area (Å²) in [5.41, 5.74) is 4.77. The predicted octanol–water partition coefficient (Wildman–Crippen LogP) is 1.74. The smallest absolute Gasteiger partial charge is 0.267 e. The van der Waals surface area contributed by atoms with E-state index in [1.54, 1.807) is 10.7 Å². The third-order valence-corrected chi connectivity index (χ3v) is 6.09. The van der Waals surface area contributed by atoms with E-state index >= 15 is 0 Å². The lowest BCUT2D eigenvalue weighted by atomic mass is 10.1. The molecule has 1 fully saturated rings. The molecule has 1 atom stereocenters. The van der Waals surface area contributed by atoms with Gasteiger partial charge in [-0.15, -0.1) is 0 Å². The van der Waals surface area contributed by atoms with Crippen molar-refractivity contribution in [2.45, 2.75) is 57.7 Å². The Morgan fingerprint density at radius 1 is 1.18 bits per heavy atom. The van der Waals surface area contributed by atoms with Crippen molar-refractivity contribution in [3.63, 3.8) is 0 Å². The van der Waals surface area contributed by atoms with Crippen LogP contribution < -0.4 is 10.5 Å². The first kappa shape index (κ1) is 17.4. The second-order valence-corrected chi connectivity index (χ2v) is 7.86. The summed E-state index contributed by atoms with van der Waals surface area (Å²) < 4.78 is 7.02. The van der Waals surface area contributed by atoms with Crippen LogP contribution in [0.2, 0.25) is 0 Å². The van der Waals surface area contributed by atoms with E-state index in [1.165, 1.54) is 5.56 Å². The molecule has 0 radical (unpaired) electrons. The molecule has 2 aromatic rings. The maximum Gasteiger partial charge on any atom is 0.267 e. The van der Waals surface area contributed by atoms with Gasteiger partial charge < -0.3 is 9.64 Å². The summed E-state index contributed by atoms with van der Waals surface area (Å²) in [6.07, 6.45) is 5.85. The average Bonchev–Trinajstić information content (AvgIpc) is 3.36. The van der Waals surface area contributed by atoms with E-state index in [0.717, 1.165) is 67.8 Å². The van der Waals surface area contributed by atoms with Crippen molar-refractivity contribution in [1.29, 1.82) is 5.26 Å². The van der Waals surface area contributed by atoms with Gasteiger partial charge in [0.15, 0.2) is 0 Å². The van der Waals surface area contributed by atoms with Gasteiger partial charge in [-0.05, 0) is 43.7 Å². The van der Waals surface area contributed by atoms with E-state index in [0.29, 0.717) is 25.3 Å². The number of anilines is 1. The number of nitriles is 1. The highest BCUT2D eigenvalue weighted by molar-refractivity contribution is 5.58. The molecule has 2 aromatic heterocycles. The van der Waals surface area contributed by atoms with E-state index < -0.39 is 0 Å². The highest BCUT2D eigenvalue weighted by atomic mass is 16.5. The van der Waals surface area contributed by atoms with Crippen LogP contribution >= 0.6 is 0 Å². The molecule has 7 nitrogen and oxygen atoms in total. The van der Waals surface area contributed by atoms with Gasteiger partial charge in [0.05, 0.1) is 37.1 Å². The number of fused-ring (bicyclic) bond motifs is 2. The van der Waals surface area contributed by atoms with Gasteiger partial charge in [-0.25, -0.2) is 9.67 Å². The van der Waals surface area contributed by atoms with Gasteiger partial charge in [0.1, 0.15) is 11.9 Å². The van der Waals surface area contributed by atoms with Crippen molar-refractivity contribution in [3.8, 4) is 6.07 Å². The molecule has 2 aliphatic heterocycles. The molecule has 144 valence electrons. The highest BCUT2D eigenvalue weighted by Gasteiger charge is 2.30. The Kier molecular flexibility index (Phi) is 4.36. The molecule has 5 rings (SSSR count). The number of pyridine rings is 1. The fraction of sp³-hybridized carbons (Fsp3) is 0.524. The van der Waals surface area contributed by atoms with E-state index in [-0.39, 0.29) is 11.6 Å². The Hall–Kier alpha value is -2.72. The summed E-state index contributed by atoms with van der Waals surface area (Å²) >= 11 is 0. The van der Waals surface area contributed by atoms with Gasteiger partial charge in [0.2, 0.25) is 0 Å². The number of rotatable bonds is 3. The normalized spacial score (nSPS) is 20.7. The fourth-order valence-corrected chi connectivity index (χ4v) is 4.65. The first-order valence-corrected chi connectivity index (χ1v) is 10.1. The van der Waals surface area contributed by atoms with Crippen molar-refractivity contribution >= 4 is 5.82 Å². The number of ether oxygens (including phenoxy) is 1. The molecule has 3 aliphatic rings. The Bertz CT molecular complexity index is 1020. The number of hydrogen-bond donors (Lipinski definition) is 0. The summed E-state index contributed by atoms with van der Waals surface area (Å²) in [4.78, 5) is 19.6. The minimum Gasteiger partial charge on any atom is -0.376 e. The zero-order valence-corrected chi connectivity index (χ0v) is 15.9. The van der Waals surface area contributed by atoms with Gasteiger partial charge in [0, 0.05) is 30.3 Å². The van der Waals surface area contributed by atoms with Crippen molar-refractivity contribution in [1.82, 2.24) is 14.8 Å².